The standard InChI is InChI=1S/C21H20FN3O4/c22-16-7-6-15(12-17(16)26)18(27)24-10-8-21(9-11-24)19(28)23-20(29)25(21)13-14-4-2-1-3-5-14/h1-7,12,26H,8-11,13H2,(H,23,28,29). The van der Waals surface area contributed by atoms with Crippen molar-refractivity contribution in [2.75, 3.05) is 13.1 Å². The van der Waals surface area contributed by atoms with E-state index in [-0.39, 0.29) is 30.5 Å². The van der Waals surface area contributed by atoms with E-state index < -0.39 is 23.1 Å². The van der Waals surface area contributed by atoms with Crippen molar-refractivity contribution < 1.29 is 23.9 Å². The highest BCUT2D eigenvalue weighted by Crippen LogP contribution is 2.35. The molecule has 4 amide bonds. The number of nitrogens with one attached hydrogen (secondary N) is 1. The number of piperidine rings is 1. The topological polar surface area (TPSA) is 90.0 Å². The summed E-state index contributed by atoms with van der Waals surface area (Å²) in [7, 11) is 0. The van der Waals surface area contributed by atoms with Crippen molar-refractivity contribution in [1.29, 1.82) is 0 Å². The Hall–Kier alpha value is -3.42. The number of amides is 4. The fourth-order valence-electron chi connectivity index (χ4n) is 3.99. The fourth-order valence-corrected chi connectivity index (χ4v) is 3.99. The molecule has 0 atom stereocenters. The van der Waals surface area contributed by atoms with Gasteiger partial charge in [-0.25, -0.2) is 9.18 Å². The van der Waals surface area contributed by atoms with Gasteiger partial charge in [0.25, 0.3) is 11.8 Å². The molecule has 4 rings (SSSR count). The van der Waals surface area contributed by atoms with E-state index in [1.165, 1.54) is 6.07 Å². The highest BCUT2D eigenvalue weighted by molar-refractivity contribution is 6.07. The van der Waals surface area contributed by atoms with E-state index in [9.17, 15) is 23.9 Å². The van der Waals surface area contributed by atoms with E-state index in [1.54, 1.807) is 9.80 Å². The molecule has 150 valence electrons. The summed E-state index contributed by atoms with van der Waals surface area (Å²) in [4.78, 5) is 40.9. The summed E-state index contributed by atoms with van der Waals surface area (Å²) in [5.41, 5.74) is 0.0965. The summed E-state index contributed by atoms with van der Waals surface area (Å²) in [6, 6.07) is 12.4. The first-order valence-corrected chi connectivity index (χ1v) is 9.35. The quantitative estimate of drug-likeness (QED) is 0.778. The predicted octanol–water partition coefficient (Wildman–Crippen LogP) is 2.26. The van der Waals surface area contributed by atoms with Crippen molar-refractivity contribution >= 4 is 17.8 Å². The molecule has 2 N–H and O–H groups in total. The van der Waals surface area contributed by atoms with Gasteiger partial charge in [-0.05, 0) is 36.6 Å². The van der Waals surface area contributed by atoms with Gasteiger partial charge < -0.3 is 14.9 Å². The first kappa shape index (κ1) is 18.9. The molecule has 0 radical (unpaired) electrons. The number of nitrogens with zero attached hydrogens (tertiary/aromatic N) is 2. The molecule has 2 aromatic rings. The third kappa shape index (κ3) is 3.30. The van der Waals surface area contributed by atoms with Crippen LogP contribution in [0.5, 0.6) is 5.75 Å². The lowest BCUT2D eigenvalue weighted by Crippen LogP contribution is -2.57. The largest absolute Gasteiger partial charge is 0.505 e. The van der Waals surface area contributed by atoms with Crippen LogP contribution in [-0.2, 0) is 11.3 Å². The second-order valence-electron chi connectivity index (χ2n) is 7.32. The second-order valence-corrected chi connectivity index (χ2v) is 7.32. The lowest BCUT2D eigenvalue weighted by molar-refractivity contribution is -0.129. The molecule has 2 fully saturated rings. The maximum absolute atomic E-state index is 13.2. The van der Waals surface area contributed by atoms with Crippen molar-refractivity contribution in [2.24, 2.45) is 0 Å². The first-order chi connectivity index (χ1) is 13.9. The summed E-state index contributed by atoms with van der Waals surface area (Å²) in [6.45, 7) is 0.837. The Bertz CT molecular complexity index is 971. The lowest BCUT2D eigenvalue weighted by atomic mass is 9.85. The molecule has 1 spiro atoms. The summed E-state index contributed by atoms with van der Waals surface area (Å²) >= 11 is 0. The van der Waals surface area contributed by atoms with E-state index in [2.05, 4.69) is 5.32 Å². The van der Waals surface area contributed by atoms with Gasteiger partial charge in [0.15, 0.2) is 11.6 Å². The number of benzene rings is 2. The Morgan fingerprint density at radius 2 is 1.79 bits per heavy atom. The third-order valence-corrected chi connectivity index (χ3v) is 5.66. The van der Waals surface area contributed by atoms with E-state index in [0.717, 1.165) is 17.7 Å². The van der Waals surface area contributed by atoms with Crippen LogP contribution in [-0.4, -0.2) is 51.4 Å². The fraction of sp³-hybridized carbons (Fsp3) is 0.286. The van der Waals surface area contributed by atoms with Gasteiger partial charge in [0, 0.05) is 25.2 Å². The smallest absolute Gasteiger partial charge is 0.325 e. The van der Waals surface area contributed by atoms with E-state index in [1.807, 2.05) is 30.3 Å². The van der Waals surface area contributed by atoms with E-state index in [0.29, 0.717) is 19.4 Å². The van der Waals surface area contributed by atoms with Crippen LogP contribution in [0.25, 0.3) is 0 Å². The van der Waals surface area contributed by atoms with Crippen molar-refractivity contribution in [3.8, 4) is 5.75 Å². The van der Waals surface area contributed by atoms with Crippen molar-refractivity contribution in [2.45, 2.75) is 24.9 Å². The van der Waals surface area contributed by atoms with Gasteiger partial charge >= 0.3 is 6.03 Å². The number of phenols is 1. The Kier molecular flexibility index (Phi) is 4.70. The number of rotatable bonds is 3. The molecule has 0 saturated carbocycles. The van der Waals surface area contributed by atoms with Crippen LogP contribution in [0.2, 0.25) is 0 Å². The zero-order valence-electron chi connectivity index (χ0n) is 15.6. The summed E-state index contributed by atoms with van der Waals surface area (Å²) in [5.74, 6) is -2.07. The molecule has 0 bridgehead atoms. The Morgan fingerprint density at radius 3 is 2.45 bits per heavy atom. The minimum atomic E-state index is -0.991. The minimum absolute atomic E-state index is 0.174. The van der Waals surface area contributed by atoms with Crippen molar-refractivity contribution in [1.82, 2.24) is 15.1 Å². The maximum Gasteiger partial charge on any atom is 0.325 e. The van der Waals surface area contributed by atoms with Crippen LogP contribution in [0.1, 0.15) is 28.8 Å². The number of imide groups is 1. The summed E-state index contributed by atoms with van der Waals surface area (Å²) in [5, 5.41) is 11.9. The number of hydrogen-bond donors (Lipinski definition) is 2. The zero-order valence-corrected chi connectivity index (χ0v) is 15.6. The molecule has 2 aliphatic heterocycles. The molecule has 0 unspecified atom stereocenters. The van der Waals surface area contributed by atoms with Gasteiger partial charge in [0.1, 0.15) is 5.54 Å². The lowest BCUT2D eigenvalue weighted by Gasteiger charge is -2.42. The molecule has 8 heteroatoms. The number of carbonyl (C=O) groups excluding carboxylic acids is 3. The average molecular weight is 397 g/mol. The second kappa shape index (κ2) is 7.20. The van der Waals surface area contributed by atoms with Gasteiger partial charge in [0.05, 0.1) is 0 Å². The van der Waals surface area contributed by atoms with Gasteiger partial charge in [0.2, 0.25) is 0 Å². The van der Waals surface area contributed by atoms with Gasteiger partial charge in [-0.1, -0.05) is 30.3 Å². The molecular formula is C21H20FN3O4. The zero-order chi connectivity index (χ0) is 20.6. The number of likely N-dealkylation sites (tertiary alicyclic amines) is 1. The van der Waals surface area contributed by atoms with Crippen LogP contribution in [0, 0.1) is 5.82 Å². The van der Waals surface area contributed by atoms with Gasteiger partial charge in [-0.2, -0.15) is 0 Å². The number of urea groups is 1. The Morgan fingerprint density at radius 1 is 1.10 bits per heavy atom. The first-order valence-electron chi connectivity index (χ1n) is 9.35. The molecule has 2 aliphatic rings. The Labute approximate surface area is 166 Å². The minimum Gasteiger partial charge on any atom is -0.505 e. The number of halogens is 1. The monoisotopic (exact) mass is 397 g/mol. The molecule has 2 heterocycles. The SMILES string of the molecule is O=C(c1ccc(F)c(O)c1)N1CCC2(CC1)C(=O)NC(=O)N2Cc1ccccc1. The van der Waals surface area contributed by atoms with Crippen LogP contribution in [0.15, 0.2) is 48.5 Å². The molecule has 7 nitrogen and oxygen atoms in total. The predicted molar refractivity (Wildman–Crippen MR) is 101 cm³/mol. The molecular weight excluding hydrogens is 377 g/mol. The van der Waals surface area contributed by atoms with Crippen LogP contribution in [0.3, 0.4) is 0 Å². The number of hydrogen-bond acceptors (Lipinski definition) is 4. The average Bonchev–Trinajstić information content (AvgIpc) is 2.95. The normalized spacial score (nSPS) is 18.2. The summed E-state index contributed by atoms with van der Waals surface area (Å²) < 4.78 is 13.2. The number of phenolic OH excluding ortho intramolecular Hbond substituents is 1. The van der Waals surface area contributed by atoms with Crippen molar-refractivity contribution in [3.05, 3.63) is 65.5 Å². The third-order valence-electron chi connectivity index (χ3n) is 5.66. The Balaban J connectivity index is 1.51. The van der Waals surface area contributed by atoms with E-state index in [4.69, 9.17) is 0 Å². The number of carbonyl (C=O) groups is 3. The van der Waals surface area contributed by atoms with Gasteiger partial charge in [-0.3, -0.25) is 14.9 Å². The van der Waals surface area contributed by atoms with E-state index >= 15 is 0 Å². The maximum atomic E-state index is 13.2. The molecule has 2 aromatic carbocycles. The van der Waals surface area contributed by atoms with Gasteiger partial charge in [-0.15, -0.1) is 0 Å². The molecule has 29 heavy (non-hydrogen) atoms. The molecule has 2 saturated heterocycles. The van der Waals surface area contributed by atoms with Crippen LogP contribution >= 0.6 is 0 Å². The molecule has 0 aliphatic carbocycles. The van der Waals surface area contributed by atoms with Crippen LogP contribution in [0.4, 0.5) is 9.18 Å². The summed E-state index contributed by atoms with van der Waals surface area (Å²) in [6.07, 6.45) is 0.604. The highest BCUT2D eigenvalue weighted by Gasteiger charge is 2.54. The highest BCUT2D eigenvalue weighted by atomic mass is 19.1. The number of aromatic hydroxyl groups is 1. The van der Waals surface area contributed by atoms with Crippen LogP contribution < -0.4 is 5.32 Å². The molecule has 0 aromatic heterocycles. The van der Waals surface area contributed by atoms with Crippen molar-refractivity contribution in [3.63, 3.8) is 0 Å².